The summed E-state index contributed by atoms with van der Waals surface area (Å²) in [4.78, 5) is 0. The molecule has 0 aromatic carbocycles. The lowest BCUT2D eigenvalue weighted by atomic mass is 9.78. The molecule has 0 aromatic rings. The van der Waals surface area contributed by atoms with Crippen molar-refractivity contribution in [3.8, 4) is 0 Å². The molecular formula is C16H29N2+. The summed E-state index contributed by atoms with van der Waals surface area (Å²) in [5.74, 6) is 0. The fourth-order valence-corrected chi connectivity index (χ4v) is 3.14. The maximum Gasteiger partial charge on any atom is 0.178 e. The molecule has 18 heavy (non-hydrogen) atoms. The van der Waals surface area contributed by atoms with Crippen molar-refractivity contribution in [1.82, 2.24) is 5.32 Å². The molecule has 0 aromatic heterocycles. The molecule has 1 heterocycles. The van der Waals surface area contributed by atoms with Crippen LogP contribution in [-0.2, 0) is 0 Å². The molecule has 0 saturated carbocycles. The summed E-state index contributed by atoms with van der Waals surface area (Å²) in [6, 6.07) is 0. The Morgan fingerprint density at radius 3 is 2.28 bits per heavy atom. The minimum Gasteiger partial charge on any atom is -0.384 e. The van der Waals surface area contributed by atoms with E-state index < -0.39 is 0 Å². The summed E-state index contributed by atoms with van der Waals surface area (Å²) in [6.07, 6.45) is 7.53. The van der Waals surface area contributed by atoms with Gasteiger partial charge in [0, 0.05) is 36.6 Å². The quantitative estimate of drug-likeness (QED) is 0.705. The third kappa shape index (κ3) is 3.60. The monoisotopic (exact) mass is 249 g/mol. The van der Waals surface area contributed by atoms with Gasteiger partial charge in [0.15, 0.2) is 5.71 Å². The zero-order valence-corrected chi connectivity index (χ0v) is 12.8. The molecule has 0 atom stereocenters. The minimum atomic E-state index is 0.162. The summed E-state index contributed by atoms with van der Waals surface area (Å²) in [7, 11) is 0. The second-order valence-electron chi connectivity index (χ2n) is 7.75. The van der Waals surface area contributed by atoms with Crippen molar-refractivity contribution < 1.29 is 4.58 Å². The Bertz CT molecular complexity index is 372. The van der Waals surface area contributed by atoms with Crippen molar-refractivity contribution in [3.05, 3.63) is 11.8 Å². The lowest BCUT2D eigenvalue weighted by Gasteiger charge is -2.33. The van der Waals surface area contributed by atoms with E-state index in [9.17, 15) is 0 Å². The van der Waals surface area contributed by atoms with Crippen molar-refractivity contribution in [2.24, 2.45) is 5.41 Å². The third-order valence-corrected chi connectivity index (χ3v) is 3.72. The number of hydrogen-bond acceptors (Lipinski definition) is 1. The van der Waals surface area contributed by atoms with Gasteiger partial charge >= 0.3 is 0 Å². The van der Waals surface area contributed by atoms with Gasteiger partial charge in [-0.15, -0.1) is 0 Å². The van der Waals surface area contributed by atoms with Crippen LogP contribution in [0, 0.1) is 5.41 Å². The van der Waals surface area contributed by atoms with Crippen LogP contribution >= 0.6 is 0 Å². The lowest BCUT2D eigenvalue weighted by Crippen LogP contribution is -2.39. The molecule has 1 saturated heterocycles. The smallest absolute Gasteiger partial charge is 0.178 e. The Labute approximate surface area is 112 Å². The van der Waals surface area contributed by atoms with E-state index in [1.165, 1.54) is 44.5 Å². The summed E-state index contributed by atoms with van der Waals surface area (Å²) in [5.41, 5.74) is 3.52. The fraction of sp³-hybridized carbons (Fsp3) is 0.812. The van der Waals surface area contributed by atoms with E-state index in [1.54, 1.807) is 5.71 Å². The van der Waals surface area contributed by atoms with E-state index in [-0.39, 0.29) is 5.54 Å². The number of rotatable bonds is 1. The van der Waals surface area contributed by atoms with Crippen molar-refractivity contribution in [1.29, 1.82) is 0 Å². The molecule has 2 nitrogen and oxygen atoms in total. The predicted octanol–water partition coefficient (Wildman–Crippen LogP) is 3.33. The van der Waals surface area contributed by atoms with Crippen LogP contribution in [0.15, 0.2) is 11.8 Å². The summed E-state index contributed by atoms with van der Waals surface area (Å²) < 4.78 is 2.59. The molecule has 0 spiro atoms. The lowest BCUT2D eigenvalue weighted by molar-refractivity contribution is -0.507. The molecule has 0 unspecified atom stereocenters. The van der Waals surface area contributed by atoms with Crippen molar-refractivity contribution in [2.45, 2.75) is 65.8 Å². The third-order valence-electron chi connectivity index (χ3n) is 3.72. The highest BCUT2D eigenvalue weighted by Crippen LogP contribution is 2.34. The van der Waals surface area contributed by atoms with Crippen LogP contribution in [0.25, 0.3) is 0 Å². The molecule has 0 radical (unpaired) electrons. The molecule has 2 heteroatoms. The Hall–Kier alpha value is -0.790. The largest absolute Gasteiger partial charge is 0.384 e. The maximum absolute atomic E-state index is 3.68. The fourth-order valence-electron chi connectivity index (χ4n) is 3.14. The second kappa shape index (κ2) is 4.71. The Morgan fingerprint density at radius 1 is 1.11 bits per heavy atom. The standard InChI is InChI=1S/C16H28N2/c1-15(2,3)17-13-10-14(12-16(4,5)11-13)18-8-6-7-9-18/h10H,6-9,11-12H2,1-5H3/p+1. The molecular weight excluding hydrogens is 220 g/mol. The van der Waals surface area contributed by atoms with Crippen LogP contribution in [0.1, 0.15) is 60.3 Å². The van der Waals surface area contributed by atoms with Crippen LogP contribution < -0.4 is 5.32 Å². The Balaban J connectivity index is 2.25. The Kier molecular flexibility index (Phi) is 3.57. The van der Waals surface area contributed by atoms with E-state index in [0.29, 0.717) is 5.41 Å². The predicted molar refractivity (Wildman–Crippen MR) is 78.2 cm³/mol. The molecule has 2 rings (SSSR count). The van der Waals surface area contributed by atoms with E-state index in [2.05, 4.69) is 50.6 Å². The topological polar surface area (TPSA) is 15.0 Å². The zero-order valence-electron chi connectivity index (χ0n) is 12.8. The van der Waals surface area contributed by atoms with E-state index in [4.69, 9.17) is 0 Å². The molecule has 1 aliphatic heterocycles. The summed E-state index contributed by atoms with van der Waals surface area (Å²) >= 11 is 0. The van der Waals surface area contributed by atoms with Crippen molar-refractivity contribution in [2.75, 3.05) is 13.1 Å². The van der Waals surface area contributed by atoms with Crippen LogP contribution in [0.3, 0.4) is 0 Å². The minimum absolute atomic E-state index is 0.162. The van der Waals surface area contributed by atoms with E-state index in [0.717, 1.165) is 0 Å². The molecule has 1 aliphatic carbocycles. The Morgan fingerprint density at radius 2 is 1.72 bits per heavy atom. The maximum atomic E-state index is 3.68. The van der Waals surface area contributed by atoms with E-state index in [1.807, 2.05) is 0 Å². The molecule has 2 aliphatic rings. The van der Waals surface area contributed by atoms with Gasteiger partial charge in [0.2, 0.25) is 0 Å². The highest BCUT2D eigenvalue weighted by Gasteiger charge is 2.32. The first-order valence-electron chi connectivity index (χ1n) is 7.35. The van der Waals surface area contributed by atoms with Crippen LogP contribution in [0.4, 0.5) is 0 Å². The number of nitrogens with one attached hydrogen (secondary N) is 1. The number of nitrogens with zero attached hydrogens (tertiary/aromatic N) is 1. The van der Waals surface area contributed by atoms with Crippen LogP contribution in [-0.4, -0.2) is 28.9 Å². The average molecular weight is 249 g/mol. The van der Waals surface area contributed by atoms with Gasteiger partial charge in [-0.2, -0.15) is 0 Å². The summed E-state index contributed by atoms with van der Waals surface area (Å²) in [5, 5.41) is 3.68. The normalized spacial score (nSPS) is 24.2. The number of allylic oxidation sites excluding steroid dienone is 2. The van der Waals surface area contributed by atoms with Gasteiger partial charge < -0.3 is 5.32 Å². The second-order valence-corrected chi connectivity index (χ2v) is 7.75. The van der Waals surface area contributed by atoms with Crippen molar-refractivity contribution >= 4 is 5.71 Å². The highest BCUT2D eigenvalue weighted by atomic mass is 15.0. The molecule has 0 amide bonds. The highest BCUT2D eigenvalue weighted by molar-refractivity contribution is 5.92. The first-order chi connectivity index (χ1) is 8.25. The first kappa shape index (κ1) is 13.6. The van der Waals surface area contributed by atoms with E-state index >= 15 is 0 Å². The average Bonchev–Trinajstić information content (AvgIpc) is 2.63. The number of hydrogen-bond donors (Lipinski definition) is 1. The SMILES string of the molecule is CC1(C)CC(NC(C)(C)C)=CC(=[N+]2CCCC2)C1. The van der Waals surface area contributed by atoms with Gasteiger partial charge in [-0.3, -0.25) is 0 Å². The van der Waals surface area contributed by atoms with Gasteiger partial charge in [-0.1, -0.05) is 13.8 Å². The van der Waals surface area contributed by atoms with Crippen molar-refractivity contribution in [3.63, 3.8) is 0 Å². The van der Waals surface area contributed by atoms with Gasteiger partial charge in [0.1, 0.15) is 13.1 Å². The van der Waals surface area contributed by atoms with Crippen LogP contribution in [0.5, 0.6) is 0 Å². The molecule has 102 valence electrons. The van der Waals surface area contributed by atoms with Gasteiger partial charge in [-0.05, 0) is 32.6 Å². The van der Waals surface area contributed by atoms with Gasteiger partial charge in [0.25, 0.3) is 0 Å². The molecule has 1 fully saturated rings. The van der Waals surface area contributed by atoms with Gasteiger partial charge in [-0.25, -0.2) is 4.58 Å². The van der Waals surface area contributed by atoms with Crippen LogP contribution in [0.2, 0.25) is 0 Å². The molecule has 1 N–H and O–H groups in total. The molecule has 0 bridgehead atoms. The summed E-state index contributed by atoms with van der Waals surface area (Å²) in [6.45, 7) is 14.0. The van der Waals surface area contributed by atoms with Gasteiger partial charge in [0.05, 0.1) is 0 Å². The first-order valence-corrected chi connectivity index (χ1v) is 7.35. The zero-order chi connectivity index (χ0) is 13.4.